The lowest BCUT2D eigenvalue weighted by Gasteiger charge is -2.08. The Morgan fingerprint density at radius 3 is 2.58 bits per heavy atom. The molecule has 4 N–H and O–H groups in total. The molecule has 0 radical (unpaired) electrons. The molecular weight excluding hydrogens is 328 g/mol. The summed E-state index contributed by atoms with van der Waals surface area (Å²) in [6.45, 7) is 1.62. The summed E-state index contributed by atoms with van der Waals surface area (Å²) in [5.41, 5.74) is 8.64. The van der Waals surface area contributed by atoms with Crippen LogP contribution in [0.1, 0.15) is 33.4 Å². The lowest BCUT2D eigenvalue weighted by molar-refractivity contribution is -0.115. The second-order valence-corrected chi connectivity index (χ2v) is 5.85. The predicted octanol–water partition coefficient (Wildman–Crippen LogP) is 1.98. The summed E-state index contributed by atoms with van der Waals surface area (Å²) in [5, 5.41) is 8.28. The third kappa shape index (κ3) is 4.75. The number of thiophene rings is 1. The lowest BCUT2D eigenvalue weighted by Crippen LogP contribution is -2.22. The van der Waals surface area contributed by atoms with Gasteiger partial charge in [0.1, 0.15) is 0 Å². The number of hydrogen-bond donors (Lipinski definition) is 3. The van der Waals surface area contributed by atoms with E-state index in [0.29, 0.717) is 16.3 Å². The molecule has 0 aliphatic rings. The minimum absolute atomic E-state index is 0.0299. The first-order valence-electron chi connectivity index (χ1n) is 7.03. The van der Waals surface area contributed by atoms with Crippen molar-refractivity contribution in [1.29, 1.82) is 0 Å². The van der Waals surface area contributed by atoms with Crippen molar-refractivity contribution in [3.8, 4) is 0 Å². The first-order chi connectivity index (χ1) is 11.5. The fourth-order valence-corrected chi connectivity index (χ4v) is 2.50. The van der Waals surface area contributed by atoms with Gasteiger partial charge in [-0.2, -0.15) is 5.10 Å². The van der Waals surface area contributed by atoms with E-state index in [1.165, 1.54) is 17.4 Å². The molecule has 3 amide bonds. The van der Waals surface area contributed by atoms with Gasteiger partial charge in [-0.3, -0.25) is 14.4 Å². The molecule has 0 unspecified atom stereocenters. The largest absolute Gasteiger partial charge is 0.366 e. The first-order valence-corrected chi connectivity index (χ1v) is 7.91. The molecule has 2 aromatic rings. The maximum atomic E-state index is 12.0. The Labute approximate surface area is 142 Å². The van der Waals surface area contributed by atoms with Crippen molar-refractivity contribution in [3.05, 3.63) is 52.2 Å². The Kier molecular flexibility index (Phi) is 5.80. The Morgan fingerprint density at radius 1 is 1.17 bits per heavy atom. The van der Waals surface area contributed by atoms with E-state index in [9.17, 15) is 14.4 Å². The summed E-state index contributed by atoms with van der Waals surface area (Å²) in [5.74, 6) is -1.32. The topological polar surface area (TPSA) is 114 Å². The van der Waals surface area contributed by atoms with E-state index in [2.05, 4.69) is 15.8 Å². The zero-order chi connectivity index (χ0) is 17.5. The number of nitrogens with zero attached hydrogens (tertiary/aromatic N) is 1. The second kappa shape index (κ2) is 8.02. The number of hydrazone groups is 1. The number of nitrogens with two attached hydrogens (primary N) is 1. The van der Waals surface area contributed by atoms with Crippen molar-refractivity contribution in [2.24, 2.45) is 10.8 Å². The van der Waals surface area contributed by atoms with Crippen LogP contribution in [0.5, 0.6) is 0 Å². The summed E-state index contributed by atoms with van der Waals surface area (Å²) in [4.78, 5) is 35.6. The molecular formula is C16H16N4O3S. The third-order valence-electron chi connectivity index (χ3n) is 2.98. The Morgan fingerprint density at radius 2 is 1.92 bits per heavy atom. The molecule has 24 heavy (non-hydrogen) atoms. The number of nitrogens with one attached hydrogen (secondary N) is 2. The van der Waals surface area contributed by atoms with Crippen LogP contribution in [0.25, 0.3) is 0 Å². The smallest absolute Gasteiger partial charge is 0.281 e. The average molecular weight is 344 g/mol. The highest BCUT2D eigenvalue weighted by molar-refractivity contribution is 7.12. The van der Waals surface area contributed by atoms with E-state index >= 15 is 0 Å². The molecule has 0 aliphatic heterocycles. The molecule has 1 aromatic heterocycles. The van der Waals surface area contributed by atoms with E-state index in [-0.39, 0.29) is 23.8 Å². The lowest BCUT2D eigenvalue weighted by atomic mass is 10.1. The molecule has 0 spiro atoms. The van der Waals surface area contributed by atoms with Gasteiger partial charge >= 0.3 is 0 Å². The van der Waals surface area contributed by atoms with Gasteiger partial charge in [-0.05, 0) is 30.5 Å². The van der Waals surface area contributed by atoms with E-state index in [0.717, 1.165) is 0 Å². The van der Waals surface area contributed by atoms with Gasteiger partial charge in [-0.15, -0.1) is 11.3 Å². The highest BCUT2D eigenvalue weighted by Gasteiger charge is 2.11. The molecule has 0 saturated heterocycles. The van der Waals surface area contributed by atoms with Crippen LogP contribution in [0, 0.1) is 0 Å². The molecule has 0 bridgehead atoms. The number of amides is 3. The highest BCUT2D eigenvalue weighted by Crippen LogP contribution is 2.14. The van der Waals surface area contributed by atoms with Gasteiger partial charge in [0.05, 0.1) is 22.5 Å². The maximum absolute atomic E-state index is 12.0. The van der Waals surface area contributed by atoms with E-state index in [1.807, 2.05) is 0 Å². The molecule has 0 fully saturated rings. The average Bonchev–Trinajstić information content (AvgIpc) is 3.07. The fourth-order valence-electron chi connectivity index (χ4n) is 1.88. The molecule has 0 saturated carbocycles. The zero-order valence-corrected chi connectivity index (χ0v) is 13.7. The molecule has 0 atom stereocenters. The van der Waals surface area contributed by atoms with Crippen LogP contribution in [-0.4, -0.2) is 23.4 Å². The van der Waals surface area contributed by atoms with Crippen molar-refractivity contribution < 1.29 is 14.4 Å². The molecule has 0 aliphatic carbocycles. The second-order valence-electron chi connectivity index (χ2n) is 4.90. The van der Waals surface area contributed by atoms with Crippen LogP contribution >= 0.6 is 11.3 Å². The number of anilines is 1. The predicted molar refractivity (Wildman–Crippen MR) is 93.1 cm³/mol. The number of hydrogen-bond acceptors (Lipinski definition) is 5. The van der Waals surface area contributed by atoms with Crippen molar-refractivity contribution in [2.45, 2.75) is 13.3 Å². The number of carbonyl (C=O) groups excluding carboxylic acids is 3. The Bertz CT molecular complexity index is 784. The minimum Gasteiger partial charge on any atom is -0.366 e. The number of benzene rings is 1. The summed E-state index contributed by atoms with van der Waals surface area (Å²) in [7, 11) is 0. The maximum Gasteiger partial charge on any atom is 0.281 e. The molecule has 2 rings (SSSR count). The van der Waals surface area contributed by atoms with Gasteiger partial charge in [-0.1, -0.05) is 18.2 Å². The number of para-hydroxylation sites is 1. The van der Waals surface area contributed by atoms with Gasteiger partial charge in [-0.25, -0.2) is 5.43 Å². The summed E-state index contributed by atoms with van der Waals surface area (Å²) >= 11 is 1.30. The standard InChI is InChI=1S/C16H16N4O3S/c1-10(19-20-16(23)13-7-4-8-24-13)9-14(21)18-12-6-3-2-5-11(12)15(17)22/h2-8H,9H2,1H3,(H2,17,22)(H,18,21)(H,20,23)/b19-10+. The van der Waals surface area contributed by atoms with Crippen LogP contribution < -0.4 is 16.5 Å². The van der Waals surface area contributed by atoms with Gasteiger partial charge in [0.15, 0.2) is 0 Å². The van der Waals surface area contributed by atoms with Gasteiger partial charge in [0.2, 0.25) is 5.91 Å². The number of carbonyl (C=O) groups is 3. The van der Waals surface area contributed by atoms with Crippen molar-refractivity contribution in [3.63, 3.8) is 0 Å². The Balaban J connectivity index is 1.93. The monoisotopic (exact) mass is 344 g/mol. The van der Waals surface area contributed by atoms with Gasteiger partial charge < -0.3 is 11.1 Å². The molecule has 8 heteroatoms. The summed E-state index contributed by atoms with van der Waals surface area (Å²) < 4.78 is 0. The van der Waals surface area contributed by atoms with Gasteiger partial charge in [0.25, 0.3) is 11.8 Å². The van der Waals surface area contributed by atoms with Crippen LogP contribution in [0.2, 0.25) is 0 Å². The van der Waals surface area contributed by atoms with Crippen molar-refractivity contribution in [2.75, 3.05) is 5.32 Å². The van der Waals surface area contributed by atoms with Crippen LogP contribution in [0.15, 0.2) is 46.9 Å². The molecule has 1 aromatic carbocycles. The minimum atomic E-state index is -0.625. The van der Waals surface area contributed by atoms with E-state index < -0.39 is 5.91 Å². The van der Waals surface area contributed by atoms with E-state index in [4.69, 9.17) is 5.73 Å². The van der Waals surface area contributed by atoms with Gasteiger partial charge in [0, 0.05) is 5.71 Å². The number of primary amides is 1. The highest BCUT2D eigenvalue weighted by atomic mass is 32.1. The quantitative estimate of drug-likeness (QED) is 0.550. The summed E-state index contributed by atoms with van der Waals surface area (Å²) in [6, 6.07) is 9.90. The van der Waals surface area contributed by atoms with Crippen LogP contribution in [0.3, 0.4) is 0 Å². The van der Waals surface area contributed by atoms with Crippen LogP contribution in [0.4, 0.5) is 5.69 Å². The molecule has 7 nitrogen and oxygen atoms in total. The molecule has 124 valence electrons. The van der Waals surface area contributed by atoms with Crippen molar-refractivity contribution >= 4 is 40.5 Å². The normalized spacial score (nSPS) is 11.0. The zero-order valence-electron chi connectivity index (χ0n) is 12.9. The fraction of sp³-hybridized carbons (Fsp3) is 0.125. The Hall–Kier alpha value is -3.00. The van der Waals surface area contributed by atoms with Crippen LogP contribution in [-0.2, 0) is 4.79 Å². The first kappa shape index (κ1) is 17.4. The van der Waals surface area contributed by atoms with E-state index in [1.54, 1.807) is 42.6 Å². The third-order valence-corrected chi connectivity index (χ3v) is 3.84. The molecule has 1 heterocycles. The van der Waals surface area contributed by atoms with Crippen molar-refractivity contribution in [1.82, 2.24) is 5.43 Å². The summed E-state index contributed by atoms with van der Waals surface area (Å²) in [6.07, 6.45) is -0.0299. The SMILES string of the molecule is C/C(CC(=O)Nc1ccccc1C(N)=O)=N\NC(=O)c1cccs1. The number of rotatable bonds is 6.